The number of benzene rings is 2. The monoisotopic (exact) mass is 426 g/mol. The molecular weight excluding hydrogens is 408 g/mol. The summed E-state index contributed by atoms with van der Waals surface area (Å²) in [7, 11) is 0. The molecule has 6 nitrogen and oxygen atoms in total. The summed E-state index contributed by atoms with van der Waals surface area (Å²) < 4.78 is 2.61. The van der Waals surface area contributed by atoms with E-state index in [1.807, 2.05) is 49.5 Å². The van der Waals surface area contributed by atoms with Crippen LogP contribution < -0.4 is 10.6 Å². The maximum absolute atomic E-state index is 12.5. The average molecular weight is 427 g/mol. The van der Waals surface area contributed by atoms with Crippen molar-refractivity contribution in [3.63, 3.8) is 0 Å². The van der Waals surface area contributed by atoms with Crippen molar-refractivity contribution in [2.24, 2.45) is 0 Å². The second-order valence-corrected chi connectivity index (χ2v) is 7.07. The third-order valence-corrected chi connectivity index (χ3v) is 4.41. The lowest BCUT2D eigenvalue weighted by molar-refractivity contribution is -0.114. The summed E-state index contributed by atoms with van der Waals surface area (Å²) in [4.78, 5) is 23.7. The zero-order valence-electron chi connectivity index (χ0n) is 14.9. The normalized spacial score (nSPS) is 11.7. The van der Waals surface area contributed by atoms with Crippen LogP contribution >= 0.6 is 15.9 Å². The molecule has 7 heteroatoms. The Kier molecular flexibility index (Phi) is 5.71. The van der Waals surface area contributed by atoms with E-state index in [0.717, 1.165) is 15.7 Å². The maximum Gasteiger partial charge on any atom is 0.251 e. The maximum atomic E-state index is 12.5. The second-order valence-electron chi connectivity index (χ2n) is 6.15. The van der Waals surface area contributed by atoms with E-state index >= 15 is 0 Å². The van der Waals surface area contributed by atoms with E-state index in [-0.39, 0.29) is 17.9 Å². The molecule has 1 heterocycles. The van der Waals surface area contributed by atoms with Crippen LogP contribution in [0.3, 0.4) is 0 Å². The Balaban J connectivity index is 1.68. The molecule has 2 N–H and O–H groups in total. The van der Waals surface area contributed by atoms with Crippen molar-refractivity contribution in [3.8, 4) is 5.69 Å². The fourth-order valence-corrected chi connectivity index (χ4v) is 2.95. The molecule has 0 spiro atoms. The molecule has 138 valence electrons. The molecule has 0 bridgehead atoms. The summed E-state index contributed by atoms with van der Waals surface area (Å²) in [5, 5.41) is 9.94. The van der Waals surface area contributed by atoms with Gasteiger partial charge in [-0.25, -0.2) is 4.68 Å². The number of amides is 2. The number of hydrogen-bond donors (Lipinski definition) is 2. The van der Waals surface area contributed by atoms with Crippen LogP contribution in [0, 0.1) is 0 Å². The zero-order valence-corrected chi connectivity index (χ0v) is 16.5. The highest BCUT2D eigenvalue weighted by atomic mass is 79.9. The minimum Gasteiger partial charge on any atom is -0.346 e. The molecular formula is C20H19BrN4O2. The van der Waals surface area contributed by atoms with Gasteiger partial charge in [-0.3, -0.25) is 9.59 Å². The first-order valence-corrected chi connectivity index (χ1v) is 9.21. The SMILES string of the molecule is CC(=O)Nc1cccc(C(C)NC(=O)c2ccc(-n3cc(Br)cn3)cc2)c1. The lowest BCUT2D eigenvalue weighted by Gasteiger charge is -2.16. The molecule has 3 rings (SSSR count). The smallest absolute Gasteiger partial charge is 0.251 e. The highest BCUT2D eigenvalue weighted by molar-refractivity contribution is 9.10. The Labute approximate surface area is 165 Å². The summed E-state index contributed by atoms with van der Waals surface area (Å²) in [5.74, 6) is -0.297. The van der Waals surface area contributed by atoms with E-state index in [1.54, 1.807) is 23.0 Å². The number of anilines is 1. The lowest BCUT2D eigenvalue weighted by atomic mass is 10.1. The van der Waals surface area contributed by atoms with Crippen molar-refractivity contribution in [1.82, 2.24) is 15.1 Å². The molecule has 0 saturated heterocycles. The highest BCUT2D eigenvalue weighted by Crippen LogP contribution is 2.19. The van der Waals surface area contributed by atoms with Crippen molar-refractivity contribution in [3.05, 3.63) is 76.5 Å². The van der Waals surface area contributed by atoms with Crippen molar-refractivity contribution in [2.75, 3.05) is 5.32 Å². The molecule has 0 aliphatic rings. The van der Waals surface area contributed by atoms with Crippen LogP contribution in [0.25, 0.3) is 5.69 Å². The number of halogens is 1. The number of carbonyl (C=O) groups excluding carboxylic acids is 2. The van der Waals surface area contributed by atoms with Gasteiger partial charge >= 0.3 is 0 Å². The highest BCUT2D eigenvalue weighted by Gasteiger charge is 2.12. The number of aromatic nitrogens is 2. The standard InChI is InChI=1S/C20H19BrN4O2/c1-13(16-4-3-5-18(10-16)24-14(2)26)23-20(27)15-6-8-19(9-7-15)25-12-17(21)11-22-25/h3-13H,1-2H3,(H,23,27)(H,24,26). The van der Waals surface area contributed by atoms with E-state index in [2.05, 4.69) is 31.7 Å². The van der Waals surface area contributed by atoms with E-state index in [4.69, 9.17) is 0 Å². The molecule has 0 aliphatic heterocycles. The molecule has 0 aliphatic carbocycles. The van der Waals surface area contributed by atoms with Gasteiger partial charge in [-0.2, -0.15) is 5.10 Å². The number of rotatable bonds is 5. The van der Waals surface area contributed by atoms with Gasteiger partial charge in [0, 0.05) is 24.4 Å². The predicted molar refractivity (Wildman–Crippen MR) is 108 cm³/mol. The third-order valence-electron chi connectivity index (χ3n) is 4.00. The molecule has 2 amide bonds. The van der Waals surface area contributed by atoms with Crippen LogP contribution in [0.1, 0.15) is 35.8 Å². The predicted octanol–water partition coefficient (Wildman–Crippen LogP) is 4.08. The van der Waals surface area contributed by atoms with Gasteiger partial charge < -0.3 is 10.6 Å². The van der Waals surface area contributed by atoms with E-state index in [1.165, 1.54) is 6.92 Å². The number of hydrogen-bond acceptors (Lipinski definition) is 3. The summed E-state index contributed by atoms with van der Waals surface area (Å²) in [5.41, 5.74) is 3.05. The van der Waals surface area contributed by atoms with Gasteiger partial charge in [-0.15, -0.1) is 0 Å². The number of carbonyl (C=O) groups is 2. The van der Waals surface area contributed by atoms with E-state index in [0.29, 0.717) is 11.3 Å². The van der Waals surface area contributed by atoms with Crippen molar-refractivity contribution >= 4 is 33.4 Å². The fraction of sp³-hybridized carbons (Fsp3) is 0.150. The van der Waals surface area contributed by atoms with Gasteiger partial charge in [-0.1, -0.05) is 12.1 Å². The first-order chi connectivity index (χ1) is 12.9. The largest absolute Gasteiger partial charge is 0.346 e. The summed E-state index contributed by atoms with van der Waals surface area (Å²) in [6.07, 6.45) is 3.55. The van der Waals surface area contributed by atoms with Crippen LogP contribution in [-0.2, 0) is 4.79 Å². The third kappa shape index (κ3) is 4.83. The van der Waals surface area contributed by atoms with Crippen LogP contribution in [0.15, 0.2) is 65.4 Å². The minimum absolute atomic E-state index is 0.131. The Bertz CT molecular complexity index is 966. The van der Waals surface area contributed by atoms with Gasteiger partial charge in [0.1, 0.15) is 0 Å². The van der Waals surface area contributed by atoms with E-state index in [9.17, 15) is 9.59 Å². The minimum atomic E-state index is -0.201. The fourth-order valence-electron chi connectivity index (χ4n) is 2.66. The molecule has 1 aromatic heterocycles. The van der Waals surface area contributed by atoms with Crippen molar-refractivity contribution in [2.45, 2.75) is 19.9 Å². The van der Waals surface area contributed by atoms with Gasteiger partial charge in [-0.05, 0) is 64.8 Å². The Morgan fingerprint density at radius 3 is 2.52 bits per heavy atom. The van der Waals surface area contributed by atoms with Crippen LogP contribution in [-0.4, -0.2) is 21.6 Å². The van der Waals surface area contributed by atoms with Crippen molar-refractivity contribution in [1.29, 1.82) is 0 Å². The van der Waals surface area contributed by atoms with Gasteiger partial charge in [0.2, 0.25) is 5.91 Å². The molecule has 0 radical (unpaired) electrons. The quantitative estimate of drug-likeness (QED) is 0.644. The second kappa shape index (κ2) is 8.18. The van der Waals surface area contributed by atoms with Crippen LogP contribution in [0.2, 0.25) is 0 Å². The van der Waals surface area contributed by atoms with Crippen LogP contribution in [0.5, 0.6) is 0 Å². The Hall–Kier alpha value is -2.93. The summed E-state index contributed by atoms with van der Waals surface area (Å²) in [6.45, 7) is 3.36. The molecule has 27 heavy (non-hydrogen) atoms. The number of nitrogens with one attached hydrogen (secondary N) is 2. The number of nitrogens with zero attached hydrogens (tertiary/aromatic N) is 2. The average Bonchev–Trinajstić information content (AvgIpc) is 3.08. The molecule has 3 aromatic rings. The molecule has 0 saturated carbocycles. The Morgan fingerprint density at radius 1 is 1.15 bits per heavy atom. The van der Waals surface area contributed by atoms with Gasteiger partial charge in [0.15, 0.2) is 0 Å². The molecule has 1 atom stereocenters. The first-order valence-electron chi connectivity index (χ1n) is 8.41. The zero-order chi connectivity index (χ0) is 19.4. The molecule has 2 aromatic carbocycles. The van der Waals surface area contributed by atoms with Gasteiger partial charge in [0.25, 0.3) is 5.91 Å². The van der Waals surface area contributed by atoms with Gasteiger partial charge in [0.05, 0.1) is 22.4 Å². The van der Waals surface area contributed by atoms with Crippen LogP contribution in [0.4, 0.5) is 5.69 Å². The van der Waals surface area contributed by atoms with E-state index < -0.39 is 0 Å². The van der Waals surface area contributed by atoms with Crippen molar-refractivity contribution < 1.29 is 9.59 Å². The molecule has 1 unspecified atom stereocenters. The molecule has 0 fully saturated rings. The first kappa shape index (κ1) is 18.8. The summed E-state index contributed by atoms with van der Waals surface area (Å²) >= 11 is 3.36. The summed E-state index contributed by atoms with van der Waals surface area (Å²) in [6, 6.07) is 14.4. The Morgan fingerprint density at radius 2 is 1.89 bits per heavy atom. The topological polar surface area (TPSA) is 76.0 Å². The lowest BCUT2D eigenvalue weighted by Crippen LogP contribution is -2.26.